The second-order valence-corrected chi connectivity index (χ2v) is 7.11. The molecular weight excluding hydrogens is 356 g/mol. The highest BCUT2D eigenvalue weighted by Gasteiger charge is 2.46. The van der Waals surface area contributed by atoms with Crippen molar-refractivity contribution in [1.29, 1.82) is 0 Å². The van der Waals surface area contributed by atoms with Crippen molar-refractivity contribution < 1.29 is 19.1 Å². The Balaban J connectivity index is 1.62. The Kier molecular flexibility index (Phi) is 6.16. The molecule has 6 nitrogen and oxygen atoms in total. The SMILES string of the molecule is CCOC1CC1C(=O)N1CCN(C(C(=O)OC)c2ccc(Cl)cc2)CC1. The van der Waals surface area contributed by atoms with Crippen molar-refractivity contribution in [3.63, 3.8) is 0 Å². The summed E-state index contributed by atoms with van der Waals surface area (Å²) < 4.78 is 10.5. The van der Waals surface area contributed by atoms with Crippen LogP contribution in [0.4, 0.5) is 0 Å². The molecule has 0 N–H and O–H groups in total. The van der Waals surface area contributed by atoms with Crippen LogP contribution in [0.2, 0.25) is 5.02 Å². The summed E-state index contributed by atoms with van der Waals surface area (Å²) in [6.07, 6.45) is 0.907. The van der Waals surface area contributed by atoms with Gasteiger partial charge in [-0.25, -0.2) is 4.79 Å². The van der Waals surface area contributed by atoms with Crippen molar-refractivity contribution in [2.75, 3.05) is 39.9 Å². The first-order valence-corrected chi connectivity index (χ1v) is 9.40. The molecule has 1 aromatic rings. The standard InChI is InChI=1S/C19H25ClN2O4/c1-3-26-16-12-15(16)18(23)22-10-8-21(9-11-22)17(19(24)25-2)13-4-6-14(20)7-5-13/h4-7,15-17H,3,8-12H2,1-2H3. The van der Waals surface area contributed by atoms with Gasteiger partial charge in [0.15, 0.2) is 0 Å². The van der Waals surface area contributed by atoms with E-state index in [1.165, 1.54) is 7.11 Å². The molecule has 3 unspecified atom stereocenters. The molecule has 1 aliphatic carbocycles. The summed E-state index contributed by atoms with van der Waals surface area (Å²) in [5.74, 6) is -0.121. The zero-order chi connectivity index (χ0) is 18.7. The molecule has 0 bridgehead atoms. The van der Waals surface area contributed by atoms with Gasteiger partial charge in [-0.05, 0) is 31.0 Å². The fraction of sp³-hybridized carbons (Fsp3) is 0.579. The predicted molar refractivity (Wildman–Crippen MR) is 97.9 cm³/mol. The topological polar surface area (TPSA) is 59.1 Å². The minimum absolute atomic E-state index is 0.00849. The number of esters is 1. The van der Waals surface area contributed by atoms with E-state index in [1.54, 1.807) is 12.1 Å². The molecule has 0 spiro atoms. The van der Waals surface area contributed by atoms with E-state index in [1.807, 2.05) is 24.0 Å². The lowest BCUT2D eigenvalue weighted by molar-refractivity contribution is -0.148. The van der Waals surface area contributed by atoms with Crippen LogP contribution in [0.5, 0.6) is 0 Å². The predicted octanol–water partition coefficient (Wildman–Crippen LogP) is 2.12. The van der Waals surface area contributed by atoms with E-state index in [9.17, 15) is 9.59 Å². The maximum absolute atomic E-state index is 12.5. The maximum Gasteiger partial charge on any atom is 0.327 e. The van der Waals surface area contributed by atoms with Gasteiger partial charge in [0, 0.05) is 37.8 Å². The Morgan fingerprint density at radius 3 is 2.42 bits per heavy atom. The van der Waals surface area contributed by atoms with Crippen molar-refractivity contribution >= 4 is 23.5 Å². The second-order valence-electron chi connectivity index (χ2n) is 6.67. The Hall–Kier alpha value is -1.63. The summed E-state index contributed by atoms with van der Waals surface area (Å²) in [6, 6.07) is 6.75. The molecule has 1 saturated heterocycles. The summed E-state index contributed by atoms with van der Waals surface area (Å²) in [4.78, 5) is 28.8. The molecule has 1 amide bonds. The van der Waals surface area contributed by atoms with Crippen LogP contribution in [0.25, 0.3) is 0 Å². The molecule has 1 saturated carbocycles. The van der Waals surface area contributed by atoms with Crippen LogP contribution in [0.3, 0.4) is 0 Å². The third-order valence-corrected chi connectivity index (χ3v) is 5.28. The molecule has 2 fully saturated rings. The molecule has 7 heteroatoms. The van der Waals surface area contributed by atoms with Crippen LogP contribution in [0, 0.1) is 5.92 Å². The van der Waals surface area contributed by atoms with Gasteiger partial charge in [0.25, 0.3) is 0 Å². The molecule has 0 radical (unpaired) electrons. The third kappa shape index (κ3) is 4.19. The largest absolute Gasteiger partial charge is 0.468 e. The minimum atomic E-state index is -0.480. The Bertz CT molecular complexity index is 643. The van der Waals surface area contributed by atoms with Crippen molar-refractivity contribution in [3.8, 4) is 0 Å². The van der Waals surface area contributed by atoms with Crippen molar-refractivity contribution in [3.05, 3.63) is 34.9 Å². The zero-order valence-corrected chi connectivity index (χ0v) is 15.9. The number of hydrogen-bond donors (Lipinski definition) is 0. The number of nitrogens with zero attached hydrogens (tertiary/aromatic N) is 2. The summed E-state index contributed by atoms with van der Waals surface area (Å²) in [7, 11) is 1.39. The minimum Gasteiger partial charge on any atom is -0.468 e. The fourth-order valence-corrected chi connectivity index (χ4v) is 3.64. The highest BCUT2D eigenvalue weighted by atomic mass is 35.5. The van der Waals surface area contributed by atoms with E-state index < -0.39 is 6.04 Å². The average molecular weight is 381 g/mol. The molecule has 1 aromatic carbocycles. The first-order valence-electron chi connectivity index (χ1n) is 9.03. The maximum atomic E-state index is 12.5. The first kappa shape index (κ1) is 19.1. The highest BCUT2D eigenvalue weighted by molar-refractivity contribution is 6.30. The van der Waals surface area contributed by atoms with Gasteiger partial charge in [0.1, 0.15) is 6.04 Å². The lowest BCUT2D eigenvalue weighted by atomic mass is 10.0. The molecule has 1 heterocycles. The number of ether oxygens (including phenoxy) is 2. The van der Waals surface area contributed by atoms with E-state index in [2.05, 4.69) is 4.90 Å². The van der Waals surface area contributed by atoms with Gasteiger partial charge in [0.05, 0.1) is 19.1 Å². The van der Waals surface area contributed by atoms with Crippen LogP contribution < -0.4 is 0 Å². The lowest BCUT2D eigenvalue weighted by Gasteiger charge is -2.38. The molecule has 0 aromatic heterocycles. The van der Waals surface area contributed by atoms with Crippen LogP contribution in [0.15, 0.2) is 24.3 Å². The quantitative estimate of drug-likeness (QED) is 0.707. The van der Waals surface area contributed by atoms with Gasteiger partial charge in [-0.1, -0.05) is 23.7 Å². The van der Waals surface area contributed by atoms with Crippen LogP contribution in [-0.2, 0) is 19.1 Å². The van der Waals surface area contributed by atoms with Crippen LogP contribution in [0.1, 0.15) is 24.9 Å². The Morgan fingerprint density at radius 1 is 1.19 bits per heavy atom. The van der Waals surface area contributed by atoms with Crippen LogP contribution >= 0.6 is 11.6 Å². The molecule has 142 valence electrons. The number of rotatable bonds is 6. The van der Waals surface area contributed by atoms with Crippen molar-refractivity contribution in [2.45, 2.75) is 25.5 Å². The molecule has 2 aliphatic rings. The smallest absolute Gasteiger partial charge is 0.327 e. The molecule has 26 heavy (non-hydrogen) atoms. The Morgan fingerprint density at radius 2 is 1.85 bits per heavy atom. The number of halogens is 1. The number of amides is 1. The number of benzene rings is 1. The molecule has 1 aliphatic heterocycles. The molecular formula is C19H25ClN2O4. The molecule has 3 atom stereocenters. The molecule has 3 rings (SSSR count). The summed E-state index contributed by atoms with van der Waals surface area (Å²) in [6.45, 7) is 5.05. The van der Waals surface area contributed by atoms with E-state index in [4.69, 9.17) is 21.1 Å². The van der Waals surface area contributed by atoms with Gasteiger partial charge < -0.3 is 14.4 Å². The lowest BCUT2D eigenvalue weighted by Crippen LogP contribution is -2.51. The van der Waals surface area contributed by atoms with Gasteiger partial charge in [0.2, 0.25) is 5.91 Å². The monoisotopic (exact) mass is 380 g/mol. The zero-order valence-electron chi connectivity index (χ0n) is 15.2. The van der Waals surface area contributed by atoms with Crippen molar-refractivity contribution in [1.82, 2.24) is 9.80 Å². The summed E-state index contributed by atoms with van der Waals surface area (Å²) in [5.41, 5.74) is 0.847. The van der Waals surface area contributed by atoms with E-state index in [0.29, 0.717) is 37.8 Å². The third-order valence-electron chi connectivity index (χ3n) is 5.03. The number of methoxy groups -OCH3 is 1. The number of carbonyl (C=O) groups is 2. The highest BCUT2D eigenvalue weighted by Crippen LogP contribution is 2.36. The van der Waals surface area contributed by atoms with Gasteiger partial charge >= 0.3 is 5.97 Å². The Labute approximate surface area is 159 Å². The van der Waals surface area contributed by atoms with E-state index in [0.717, 1.165) is 12.0 Å². The first-order chi connectivity index (χ1) is 12.5. The second kappa shape index (κ2) is 8.37. The average Bonchev–Trinajstić information content (AvgIpc) is 3.43. The van der Waals surface area contributed by atoms with E-state index in [-0.39, 0.29) is 23.9 Å². The van der Waals surface area contributed by atoms with E-state index >= 15 is 0 Å². The fourth-order valence-electron chi connectivity index (χ4n) is 3.52. The van der Waals surface area contributed by atoms with Crippen LogP contribution in [-0.4, -0.2) is 67.7 Å². The number of hydrogen-bond acceptors (Lipinski definition) is 5. The van der Waals surface area contributed by atoms with Gasteiger partial charge in [-0.2, -0.15) is 0 Å². The number of carbonyl (C=O) groups excluding carboxylic acids is 2. The normalized spacial score (nSPS) is 24.2. The summed E-state index contributed by atoms with van der Waals surface area (Å²) in [5, 5.41) is 0.626. The van der Waals surface area contributed by atoms with Gasteiger partial charge in [-0.3, -0.25) is 9.69 Å². The van der Waals surface area contributed by atoms with Gasteiger partial charge in [-0.15, -0.1) is 0 Å². The number of piperazine rings is 1. The summed E-state index contributed by atoms with van der Waals surface area (Å²) >= 11 is 5.96. The van der Waals surface area contributed by atoms with Crippen molar-refractivity contribution in [2.24, 2.45) is 5.92 Å².